The minimum absolute atomic E-state index is 0.188. The summed E-state index contributed by atoms with van der Waals surface area (Å²) in [6, 6.07) is -1.08. The molecule has 0 aromatic heterocycles. The third-order valence-corrected chi connectivity index (χ3v) is 4.06. The molecular weight excluding hydrogens is 226 g/mol. The smallest absolute Gasteiger partial charge is 0.326 e. The number of carbonyl (C=O) groups is 3. The van der Waals surface area contributed by atoms with Gasteiger partial charge in [0.15, 0.2) is 0 Å². The molecule has 6 heteroatoms. The van der Waals surface area contributed by atoms with Gasteiger partial charge in [-0.3, -0.25) is 14.5 Å². The van der Waals surface area contributed by atoms with Crippen molar-refractivity contribution >= 4 is 17.8 Å². The van der Waals surface area contributed by atoms with Gasteiger partial charge >= 0.3 is 5.97 Å². The van der Waals surface area contributed by atoms with Crippen LogP contribution in [0.15, 0.2) is 0 Å². The summed E-state index contributed by atoms with van der Waals surface area (Å²) in [6.45, 7) is 1.36. The standard InChI is InChI=1S/C11H13NO5/c1-4(11(15)16)12-9(13)7-5-2-3-6(17-5)8(7)10(12)14/h4-8H,2-3H2,1H3,(H,15,16)/t4-,5-,6+,7-,8+/m1/s1. The lowest BCUT2D eigenvalue weighted by Crippen LogP contribution is -2.45. The zero-order chi connectivity index (χ0) is 12.3. The maximum atomic E-state index is 12.1. The van der Waals surface area contributed by atoms with E-state index in [1.54, 1.807) is 0 Å². The summed E-state index contributed by atoms with van der Waals surface area (Å²) in [5.74, 6) is -2.78. The molecule has 2 bridgehead atoms. The monoisotopic (exact) mass is 239 g/mol. The highest BCUT2D eigenvalue weighted by molar-refractivity contribution is 6.08. The Labute approximate surface area is 97.5 Å². The first-order valence-electron chi connectivity index (χ1n) is 5.77. The van der Waals surface area contributed by atoms with Gasteiger partial charge in [-0.25, -0.2) is 4.79 Å². The van der Waals surface area contributed by atoms with Crippen molar-refractivity contribution in [1.82, 2.24) is 4.90 Å². The Kier molecular flexibility index (Phi) is 2.07. The first-order valence-corrected chi connectivity index (χ1v) is 5.77. The zero-order valence-electron chi connectivity index (χ0n) is 9.33. The molecule has 3 rings (SSSR count). The molecule has 17 heavy (non-hydrogen) atoms. The molecule has 0 aromatic carbocycles. The van der Waals surface area contributed by atoms with Crippen molar-refractivity contribution in [2.75, 3.05) is 0 Å². The highest BCUT2D eigenvalue weighted by Crippen LogP contribution is 2.48. The maximum absolute atomic E-state index is 12.1. The number of carboxylic acid groups (broad SMARTS) is 1. The third kappa shape index (κ3) is 1.21. The minimum atomic E-state index is -1.15. The van der Waals surface area contributed by atoms with Gasteiger partial charge in [-0.15, -0.1) is 0 Å². The molecule has 0 spiro atoms. The van der Waals surface area contributed by atoms with Crippen LogP contribution in [0.2, 0.25) is 0 Å². The number of amides is 2. The Bertz CT molecular complexity index is 392. The van der Waals surface area contributed by atoms with E-state index in [9.17, 15) is 14.4 Å². The van der Waals surface area contributed by atoms with Gasteiger partial charge in [0.05, 0.1) is 24.0 Å². The lowest BCUT2D eigenvalue weighted by molar-refractivity contribution is -0.155. The molecular formula is C11H13NO5. The fourth-order valence-electron chi connectivity index (χ4n) is 3.23. The fourth-order valence-corrected chi connectivity index (χ4v) is 3.23. The van der Waals surface area contributed by atoms with Gasteiger partial charge < -0.3 is 9.84 Å². The lowest BCUT2D eigenvalue weighted by atomic mass is 9.81. The summed E-state index contributed by atoms with van der Waals surface area (Å²) >= 11 is 0. The van der Waals surface area contributed by atoms with Crippen molar-refractivity contribution in [1.29, 1.82) is 0 Å². The van der Waals surface area contributed by atoms with E-state index in [0.29, 0.717) is 0 Å². The molecule has 0 aromatic rings. The Morgan fingerprint density at radius 1 is 1.29 bits per heavy atom. The van der Waals surface area contributed by atoms with E-state index in [-0.39, 0.29) is 24.0 Å². The molecule has 0 radical (unpaired) electrons. The molecule has 1 N–H and O–H groups in total. The van der Waals surface area contributed by atoms with E-state index in [1.807, 2.05) is 0 Å². The molecule has 3 aliphatic rings. The Morgan fingerprint density at radius 3 is 2.18 bits per heavy atom. The van der Waals surface area contributed by atoms with E-state index in [2.05, 4.69) is 0 Å². The number of nitrogens with zero attached hydrogens (tertiary/aromatic N) is 1. The molecule has 0 saturated carbocycles. The van der Waals surface area contributed by atoms with Crippen molar-refractivity contribution in [3.63, 3.8) is 0 Å². The third-order valence-electron chi connectivity index (χ3n) is 4.06. The van der Waals surface area contributed by atoms with Crippen LogP contribution in [0, 0.1) is 11.8 Å². The summed E-state index contributed by atoms with van der Waals surface area (Å²) < 4.78 is 5.55. The first kappa shape index (κ1) is 10.7. The molecule has 0 unspecified atom stereocenters. The highest BCUT2D eigenvalue weighted by atomic mass is 16.5. The van der Waals surface area contributed by atoms with E-state index in [4.69, 9.17) is 9.84 Å². The Balaban J connectivity index is 1.93. The summed E-state index contributed by atoms with van der Waals surface area (Å²) in [5.41, 5.74) is 0. The zero-order valence-corrected chi connectivity index (χ0v) is 9.33. The van der Waals surface area contributed by atoms with Gasteiger partial charge in [0.2, 0.25) is 11.8 Å². The summed E-state index contributed by atoms with van der Waals surface area (Å²) in [5, 5.41) is 8.91. The molecule has 92 valence electrons. The number of carboxylic acids is 1. The van der Waals surface area contributed by atoms with Crippen LogP contribution in [-0.2, 0) is 19.1 Å². The molecule has 6 nitrogen and oxygen atoms in total. The Morgan fingerprint density at radius 2 is 1.76 bits per heavy atom. The van der Waals surface area contributed by atoms with Crippen LogP contribution in [-0.4, -0.2) is 46.0 Å². The topological polar surface area (TPSA) is 83.9 Å². The maximum Gasteiger partial charge on any atom is 0.326 e. The van der Waals surface area contributed by atoms with Gasteiger partial charge in [0, 0.05) is 0 Å². The van der Waals surface area contributed by atoms with Crippen LogP contribution in [0.25, 0.3) is 0 Å². The molecule has 5 atom stereocenters. The van der Waals surface area contributed by atoms with E-state index in [0.717, 1.165) is 17.7 Å². The first-order chi connectivity index (χ1) is 8.02. The summed E-state index contributed by atoms with van der Waals surface area (Å²) in [4.78, 5) is 36.0. The normalized spacial score (nSPS) is 40.9. The fraction of sp³-hybridized carbons (Fsp3) is 0.727. The summed E-state index contributed by atoms with van der Waals surface area (Å²) in [7, 11) is 0. The van der Waals surface area contributed by atoms with Gasteiger partial charge in [0.25, 0.3) is 0 Å². The number of fused-ring (bicyclic) bond motifs is 5. The number of ether oxygens (including phenoxy) is 1. The van der Waals surface area contributed by atoms with Crippen molar-refractivity contribution in [3.8, 4) is 0 Å². The average molecular weight is 239 g/mol. The van der Waals surface area contributed by atoms with Crippen molar-refractivity contribution in [2.24, 2.45) is 11.8 Å². The number of rotatable bonds is 2. The second-order valence-corrected chi connectivity index (χ2v) is 4.90. The molecule has 3 saturated heterocycles. The molecule has 0 aliphatic carbocycles. The van der Waals surface area contributed by atoms with Crippen molar-refractivity contribution in [2.45, 2.75) is 38.0 Å². The molecule has 3 fully saturated rings. The lowest BCUT2D eigenvalue weighted by Gasteiger charge is -2.21. The van der Waals surface area contributed by atoms with E-state index in [1.165, 1.54) is 6.92 Å². The van der Waals surface area contributed by atoms with Crippen LogP contribution in [0.1, 0.15) is 19.8 Å². The van der Waals surface area contributed by atoms with Crippen LogP contribution in [0.4, 0.5) is 0 Å². The number of aliphatic carboxylic acids is 1. The minimum Gasteiger partial charge on any atom is -0.480 e. The quantitative estimate of drug-likeness (QED) is 0.664. The number of carbonyl (C=O) groups excluding carboxylic acids is 2. The Hall–Kier alpha value is -1.43. The SMILES string of the molecule is C[C@H](C(=O)O)N1C(=O)[C@@H]2[C@H](C1=O)[C@H]1CC[C@@H]2O1. The molecule has 3 aliphatic heterocycles. The number of hydrogen-bond donors (Lipinski definition) is 1. The molecule has 3 heterocycles. The van der Waals surface area contributed by atoms with Gasteiger partial charge in [-0.1, -0.05) is 0 Å². The highest BCUT2D eigenvalue weighted by Gasteiger charge is 2.63. The van der Waals surface area contributed by atoms with Crippen LogP contribution in [0.5, 0.6) is 0 Å². The second kappa shape index (κ2) is 3.29. The second-order valence-electron chi connectivity index (χ2n) is 4.90. The molecule has 2 amide bonds. The van der Waals surface area contributed by atoms with Crippen LogP contribution >= 0.6 is 0 Å². The van der Waals surface area contributed by atoms with Crippen LogP contribution < -0.4 is 0 Å². The van der Waals surface area contributed by atoms with Crippen LogP contribution in [0.3, 0.4) is 0 Å². The van der Waals surface area contributed by atoms with E-state index >= 15 is 0 Å². The van der Waals surface area contributed by atoms with E-state index < -0.39 is 23.8 Å². The average Bonchev–Trinajstić information content (AvgIpc) is 2.92. The number of likely N-dealkylation sites (tertiary alicyclic amines) is 1. The number of imide groups is 1. The predicted molar refractivity (Wildman–Crippen MR) is 53.8 cm³/mol. The predicted octanol–water partition coefficient (Wildman–Crippen LogP) is -0.378. The van der Waals surface area contributed by atoms with Gasteiger partial charge in [-0.05, 0) is 19.8 Å². The van der Waals surface area contributed by atoms with Crippen molar-refractivity contribution in [3.05, 3.63) is 0 Å². The van der Waals surface area contributed by atoms with Gasteiger partial charge in [-0.2, -0.15) is 0 Å². The van der Waals surface area contributed by atoms with Gasteiger partial charge in [0.1, 0.15) is 6.04 Å². The largest absolute Gasteiger partial charge is 0.480 e. The van der Waals surface area contributed by atoms with Crippen molar-refractivity contribution < 1.29 is 24.2 Å². The number of hydrogen-bond acceptors (Lipinski definition) is 4. The summed E-state index contributed by atoms with van der Waals surface area (Å²) in [6.07, 6.45) is 1.21.